The molecule has 2 aromatic rings. The number of nitrogens with one attached hydrogen (secondary N) is 1. The highest BCUT2D eigenvalue weighted by atomic mass is 16.5. The summed E-state index contributed by atoms with van der Waals surface area (Å²) in [6, 6.07) is 8.04. The van der Waals surface area contributed by atoms with Crippen LogP contribution in [0, 0.1) is 0 Å². The topological polar surface area (TPSA) is 63.9 Å². The van der Waals surface area contributed by atoms with Crippen LogP contribution in [0.15, 0.2) is 24.3 Å². The molecule has 1 heterocycles. The second kappa shape index (κ2) is 7.72. The molecule has 0 amide bonds. The van der Waals surface area contributed by atoms with Crippen LogP contribution in [0.25, 0.3) is 11.1 Å². The van der Waals surface area contributed by atoms with Gasteiger partial charge in [0, 0.05) is 11.3 Å². The highest BCUT2D eigenvalue weighted by molar-refractivity contribution is 5.76. The summed E-state index contributed by atoms with van der Waals surface area (Å²) in [5.41, 5.74) is 9.29. The van der Waals surface area contributed by atoms with Crippen LogP contribution in [0.5, 0.6) is 5.75 Å². The SMILES string of the molecule is CCCCCCc1[nH]nc(N)c1-c1ccc(OCC)cc1. The largest absolute Gasteiger partial charge is 0.494 e. The fourth-order valence-corrected chi connectivity index (χ4v) is 2.51. The third kappa shape index (κ3) is 4.00. The average Bonchev–Trinajstić information content (AvgIpc) is 2.86. The highest BCUT2D eigenvalue weighted by Gasteiger charge is 2.12. The Balaban J connectivity index is 2.12. The second-order valence-electron chi connectivity index (χ2n) is 5.23. The van der Waals surface area contributed by atoms with E-state index in [1.165, 1.54) is 25.7 Å². The summed E-state index contributed by atoms with van der Waals surface area (Å²) in [5, 5.41) is 7.26. The molecule has 1 aromatic carbocycles. The summed E-state index contributed by atoms with van der Waals surface area (Å²) in [4.78, 5) is 0. The predicted molar refractivity (Wildman–Crippen MR) is 87.5 cm³/mol. The maximum absolute atomic E-state index is 6.03. The third-order valence-corrected chi connectivity index (χ3v) is 3.60. The minimum absolute atomic E-state index is 0.574. The fraction of sp³-hybridized carbons (Fsp3) is 0.471. The Hall–Kier alpha value is -1.97. The van der Waals surface area contributed by atoms with Crippen LogP contribution in [-0.4, -0.2) is 16.8 Å². The van der Waals surface area contributed by atoms with Gasteiger partial charge in [0.05, 0.1) is 6.61 Å². The van der Waals surface area contributed by atoms with Crippen molar-refractivity contribution in [2.45, 2.75) is 46.0 Å². The van der Waals surface area contributed by atoms with Crippen LogP contribution in [0.2, 0.25) is 0 Å². The zero-order chi connectivity index (χ0) is 15.1. The Morgan fingerprint density at radius 2 is 1.86 bits per heavy atom. The molecule has 0 aliphatic heterocycles. The van der Waals surface area contributed by atoms with Crippen molar-refractivity contribution in [1.82, 2.24) is 10.2 Å². The van der Waals surface area contributed by atoms with E-state index in [-0.39, 0.29) is 0 Å². The van der Waals surface area contributed by atoms with Crippen molar-refractivity contribution in [2.75, 3.05) is 12.3 Å². The van der Waals surface area contributed by atoms with Crippen LogP contribution in [0.1, 0.15) is 45.2 Å². The molecule has 0 saturated carbocycles. The van der Waals surface area contributed by atoms with E-state index in [9.17, 15) is 0 Å². The molecule has 0 fully saturated rings. The Morgan fingerprint density at radius 1 is 1.10 bits per heavy atom. The van der Waals surface area contributed by atoms with Gasteiger partial charge in [-0.25, -0.2) is 0 Å². The molecule has 3 N–H and O–H groups in total. The van der Waals surface area contributed by atoms with Crippen LogP contribution in [0.3, 0.4) is 0 Å². The van der Waals surface area contributed by atoms with Gasteiger partial charge >= 0.3 is 0 Å². The van der Waals surface area contributed by atoms with Gasteiger partial charge in [0.15, 0.2) is 5.82 Å². The monoisotopic (exact) mass is 287 g/mol. The fourth-order valence-electron chi connectivity index (χ4n) is 2.51. The van der Waals surface area contributed by atoms with Crippen molar-refractivity contribution < 1.29 is 4.74 Å². The summed E-state index contributed by atoms with van der Waals surface area (Å²) >= 11 is 0. The van der Waals surface area contributed by atoms with Crippen LogP contribution in [0.4, 0.5) is 5.82 Å². The molecule has 0 atom stereocenters. The lowest BCUT2D eigenvalue weighted by molar-refractivity contribution is 0.340. The number of hydrogen-bond acceptors (Lipinski definition) is 3. The summed E-state index contributed by atoms with van der Waals surface area (Å²) in [6.45, 7) is 4.88. The molecule has 114 valence electrons. The molecule has 0 saturated heterocycles. The summed E-state index contributed by atoms with van der Waals surface area (Å²) < 4.78 is 5.48. The first-order valence-electron chi connectivity index (χ1n) is 7.82. The first kappa shape index (κ1) is 15.4. The first-order chi connectivity index (χ1) is 10.3. The summed E-state index contributed by atoms with van der Waals surface area (Å²) in [5.74, 6) is 1.46. The van der Waals surface area contributed by atoms with Crippen LogP contribution in [-0.2, 0) is 6.42 Å². The molecule has 21 heavy (non-hydrogen) atoms. The number of benzene rings is 1. The standard InChI is InChI=1S/C17H25N3O/c1-3-5-6-7-8-15-16(17(18)20-19-15)13-9-11-14(12-10-13)21-4-2/h9-12H,3-8H2,1-2H3,(H3,18,19,20). The van der Waals surface area contributed by atoms with E-state index in [0.717, 1.165) is 29.0 Å². The lowest BCUT2D eigenvalue weighted by atomic mass is 10.0. The molecular weight excluding hydrogens is 262 g/mol. The van der Waals surface area contributed by atoms with E-state index in [1.807, 2.05) is 31.2 Å². The molecule has 4 nitrogen and oxygen atoms in total. The third-order valence-electron chi connectivity index (χ3n) is 3.60. The van der Waals surface area contributed by atoms with Gasteiger partial charge in [-0.2, -0.15) is 5.10 Å². The maximum Gasteiger partial charge on any atom is 0.153 e. The van der Waals surface area contributed by atoms with Gasteiger partial charge in [-0.05, 0) is 37.5 Å². The van der Waals surface area contributed by atoms with Gasteiger partial charge in [0.25, 0.3) is 0 Å². The van der Waals surface area contributed by atoms with Gasteiger partial charge in [-0.1, -0.05) is 38.3 Å². The molecule has 0 radical (unpaired) electrons. The number of hydrogen-bond donors (Lipinski definition) is 2. The number of nitrogen functional groups attached to an aromatic ring is 1. The van der Waals surface area contributed by atoms with E-state index >= 15 is 0 Å². The van der Waals surface area contributed by atoms with Crippen molar-refractivity contribution in [1.29, 1.82) is 0 Å². The van der Waals surface area contributed by atoms with Crippen LogP contribution < -0.4 is 10.5 Å². The normalized spacial score (nSPS) is 10.8. The number of aromatic amines is 1. The smallest absolute Gasteiger partial charge is 0.153 e. The summed E-state index contributed by atoms with van der Waals surface area (Å²) in [7, 11) is 0. The average molecular weight is 287 g/mol. The number of H-pyrrole nitrogens is 1. The zero-order valence-corrected chi connectivity index (χ0v) is 13.0. The van der Waals surface area contributed by atoms with Gasteiger partial charge in [0.1, 0.15) is 5.75 Å². The van der Waals surface area contributed by atoms with Gasteiger partial charge in [0.2, 0.25) is 0 Å². The lowest BCUT2D eigenvalue weighted by Gasteiger charge is -2.07. The number of unbranched alkanes of at least 4 members (excludes halogenated alkanes) is 3. The summed E-state index contributed by atoms with van der Waals surface area (Å²) in [6.07, 6.45) is 5.93. The number of rotatable bonds is 8. The molecule has 4 heteroatoms. The number of nitrogens with two attached hydrogens (primary N) is 1. The van der Waals surface area contributed by atoms with Gasteiger partial charge in [-0.3, -0.25) is 5.10 Å². The zero-order valence-electron chi connectivity index (χ0n) is 13.0. The second-order valence-corrected chi connectivity index (χ2v) is 5.23. The minimum Gasteiger partial charge on any atom is -0.494 e. The maximum atomic E-state index is 6.03. The van der Waals surface area contributed by atoms with Gasteiger partial charge in [-0.15, -0.1) is 0 Å². The Kier molecular flexibility index (Phi) is 5.67. The molecule has 2 rings (SSSR count). The van der Waals surface area contributed by atoms with E-state index < -0.39 is 0 Å². The Morgan fingerprint density at radius 3 is 2.52 bits per heavy atom. The number of nitrogens with zero attached hydrogens (tertiary/aromatic N) is 1. The minimum atomic E-state index is 0.574. The van der Waals surface area contributed by atoms with Crippen molar-refractivity contribution in [3.8, 4) is 16.9 Å². The number of ether oxygens (including phenoxy) is 1. The molecule has 1 aromatic heterocycles. The van der Waals surface area contributed by atoms with Gasteiger partial charge < -0.3 is 10.5 Å². The Labute approximate surface area is 126 Å². The number of aromatic nitrogens is 2. The number of aryl methyl sites for hydroxylation is 1. The van der Waals surface area contributed by atoms with E-state index in [1.54, 1.807) is 0 Å². The van der Waals surface area contributed by atoms with Crippen molar-refractivity contribution in [3.63, 3.8) is 0 Å². The van der Waals surface area contributed by atoms with Crippen molar-refractivity contribution in [3.05, 3.63) is 30.0 Å². The predicted octanol–water partition coefficient (Wildman–Crippen LogP) is 4.18. The van der Waals surface area contributed by atoms with Crippen LogP contribution >= 0.6 is 0 Å². The molecule has 0 unspecified atom stereocenters. The lowest BCUT2D eigenvalue weighted by Crippen LogP contribution is -1.93. The molecule has 0 aliphatic rings. The van der Waals surface area contributed by atoms with Crippen molar-refractivity contribution in [2.24, 2.45) is 0 Å². The van der Waals surface area contributed by atoms with E-state index in [0.29, 0.717) is 12.4 Å². The Bertz CT molecular complexity index is 546. The quantitative estimate of drug-likeness (QED) is 0.716. The van der Waals surface area contributed by atoms with E-state index in [4.69, 9.17) is 10.5 Å². The van der Waals surface area contributed by atoms with E-state index in [2.05, 4.69) is 17.1 Å². The number of anilines is 1. The highest BCUT2D eigenvalue weighted by Crippen LogP contribution is 2.30. The molecule has 0 aliphatic carbocycles. The van der Waals surface area contributed by atoms with Crippen molar-refractivity contribution >= 4 is 5.82 Å². The molecule has 0 spiro atoms. The molecular formula is C17H25N3O. The first-order valence-corrected chi connectivity index (χ1v) is 7.82. The molecule has 0 bridgehead atoms.